The van der Waals surface area contributed by atoms with Crippen molar-refractivity contribution in [2.45, 2.75) is 25.6 Å². The summed E-state index contributed by atoms with van der Waals surface area (Å²) in [6, 6.07) is 4.98. The van der Waals surface area contributed by atoms with E-state index in [1.807, 2.05) is 0 Å². The van der Waals surface area contributed by atoms with Crippen molar-refractivity contribution >= 4 is 5.78 Å². The first-order chi connectivity index (χ1) is 8.94. The quantitative estimate of drug-likeness (QED) is 0.826. The fraction of sp³-hybridized carbons (Fsp3) is 0.462. The second kappa shape index (κ2) is 5.50. The maximum atomic E-state index is 11.9. The predicted molar refractivity (Wildman–Crippen MR) is 61.0 cm³/mol. The smallest absolute Gasteiger partial charge is 0.486 e. The predicted octanol–water partition coefficient (Wildman–Crippen LogP) is 3.33. The van der Waals surface area contributed by atoms with Gasteiger partial charge in [0.05, 0.1) is 0 Å². The molecule has 1 aromatic rings. The van der Waals surface area contributed by atoms with E-state index in [9.17, 15) is 18.0 Å². The second-order valence-electron chi connectivity index (χ2n) is 4.40. The number of hydrogen-bond donors (Lipinski definition) is 0. The molecule has 0 amide bonds. The lowest BCUT2D eigenvalue weighted by Gasteiger charge is -2.23. The lowest BCUT2D eigenvalue weighted by molar-refractivity contribution is -0.274. The van der Waals surface area contributed by atoms with Crippen LogP contribution >= 0.6 is 0 Å². The summed E-state index contributed by atoms with van der Waals surface area (Å²) in [7, 11) is 0. The van der Waals surface area contributed by atoms with Crippen molar-refractivity contribution < 1.29 is 27.4 Å². The average molecular weight is 274 g/mol. The number of ether oxygens (including phenoxy) is 2. The molecule has 6 heteroatoms. The third kappa shape index (κ3) is 4.15. The number of ketones is 1. The number of benzene rings is 1. The van der Waals surface area contributed by atoms with Crippen LogP contribution in [0, 0.1) is 5.92 Å². The van der Waals surface area contributed by atoms with Crippen LogP contribution in [-0.2, 0) is 4.79 Å². The van der Waals surface area contributed by atoms with Gasteiger partial charge in [-0.15, -0.1) is 13.2 Å². The molecule has 1 aliphatic carbocycles. The molecular weight excluding hydrogens is 261 g/mol. The molecule has 0 radical (unpaired) electrons. The fourth-order valence-corrected chi connectivity index (χ4v) is 1.74. The standard InChI is InChI=1S/C13H13F3O3/c14-13(15,16)19-11-6-4-10(5-7-11)18-8-12(17)9-2-1-3-9/h4-7,9H,1-3,8H2. The summed E-state index contributed by atoms with van der Waals surface area (Å²) in [5.41, 5.74) is 0. The molecule has 0 atom stereocenters. The summed E-state index contributed by atoms with van der Waals surface area (Å²) < 4.78 is 44.7. The lowest BCUT2D eigenvalue weighted by atomic mass is 9.82. The summed E-state index contributed by atoms with van der Waals surface area (Å²) in [6.07, 6.45) is -1.83. The van der Waals surface area contributed by atoms with Crippen molar-refractivity contribution in [2.24, 2.45) is 5.92 Å². The Kier molecular flexibility index (Phi) is 3.97. The summed E-state index contributed by atoms with van der Waals surface area (Å²) in [4.78, 5) is 11.6. The topological polar surface area (TPSA) is 35.5 Å². The van der Waals surface area contributed by atoms with Gasteiger partial charge in [0.15, 0.2) is 5.78 Å². The zero-order valence-corrected chi connectivity index (χ0v) is 10.1. The fourth-order valence-electron chi connectivity index (χ4n) is 1.74. The summed E-state index contributed by atoms with van der Waals surface area (Å²) >= 11 is 0. The molecule has 1 fully saturated rings. The Balaban J connectivity index is 1.83. The van der Waals surface area contributed by atoms with E-state index < -0.39 is 6.36 Å². The first kappa shape index (κ1) is 13.7. The van der Waals surface area contributed by atoms with Crippen molar-refractivity contribution in [3.63, 3.8) is 0 Å². The van der Waals surface area contributed by atoms with E-state index in [2.05, 4.69) is 4.74 Å². The lowest BCUT2D eigenvalue weighted by Crippen LogP contribution is -2.26. The largest absolute Gasteiger partial charge is 0.573 e. The van der Waals surface area contributed by atoms with Gasteiger partial charge in [-0.2, -0.15) is 0 Å². The van der Waals surface area contributed by atoms with Crippen molar-refractivity contribution in [2.75, 3.05) is 6.61 Å². The van der Waals surface area contributed by atoms with Crippen molar-refractivity contribution in [1.29, 1.82) is 0 Å². The van der Waals surface area contributed by atoms with E-state index in [4.69, 9.17) is 4.74 Å². The molecule has 3 nitrogen and oxygen atoms in total. The highest BCUT2D eigenvalue weighted by molar-refractivity contribution is 5.83. The van der Waals surface area contributed by atoms with Crippen LogP contribution in [0.1, 0.15) is 19.3 Å². The van der Waals surface area contributed by atoms with Crippen LogP contribution in [-0.4, -0.2) is 18.8 Å². The van der Waals surface area contributed by atoms with Gasteiger partial charge >= 0.3 is 6.36 Å². The Morgan fingerprint density at radius 2 is 1.74 bits per heavy atom. The summed E-state index contributed by atoms with van der Waals surface area (Å²) in [5.74, 6) is 0.169. The van der Waals surface area contributed by atoms with Gasteiger partial charge in [0.2, 0.25) is 0 Å². The number of alkyl halides is 3. The molecule has 1 saturated carbocycles. The van der Waals surface area contributed by atoms with Gasteiger partial charge in [-0.05, 0) is 37.1 Å². The number of carbonyl (C=O) groups excluding carboxylic acids is 1. The minimum absolute atomic E-state index is 0.0376. The van der Waals surface area contributed by atoms with Gasteiger partial charge in [0, 0.05) is 5.92 Å². The highest BCUT2D eigenvalue weighted by atomic mass is 19.4. The molecule has 0 heterocycles. The maximum absolute atomic E-state index is 11.9. The van der Waals surface area contributed by atoms with Crippen LogP contribution in [0.25, 0.3) is 0 Å². The molecule has 0 N–H and O–H groups in total. The maximum Gasteiger partial charge on any atom is 0.573 e. The number of Topliss-reactive ketones (excluding diaryl/α,β-unsaturated/α-hetero) is 1. The number of carbonyl (C=O) groups is 1. The Morgan fingerprint density at radius 1 is 1.16 bits per heavy atom. The Hall–Kier alpha value is -1.72. The first-order valence-corrected chi connectivity index (χ1v) is 5.95. The summed E-state index contributed by atoms with van der Waals surface area (Å²) in [5, 5.41) is 0. The molecule has 0 aromatic heterocycles. The highest BCUT2D eigenvalue weighted by Gasteiger charge is 2.31. The normalized spacial score (nSPS) is 15.7. The SMILES string of the molecule is O=C(COc1ccc(OC(F)(F)F)cc1)C1CCC1. The highest BCUT2D eigenvalue weighted by Crippen LogP contribution is 2.28. The van der Waals surface area contributed by atoms with Gasteiger partial charge in [-0.25, -0.2) is 0 Å². The van der Waals surface area contributed by atoms with Crippen molar-refractivity contribution in [1.82, 2.24) is 0 Å². The Morgan fingerprint density at radius 3 is 2.21 bits per heavy atom. The van der Waals surface area contributed by atoms with E-state index in [0.29, 0.717) is 5.75 Å². The molecule has 1 aromatic carbocycles. The van der Waals surface area contributed by atoms with E-state index >= 15 is 0 Å². The van der Waals surface area contributed by atoms with Crippen LogP contribution in [0.3, 0.4) is 0 Å². The van der Waals surface area contributed by atoms with Gasteiger partial charge in [0.25, 0.3) is 0 Å². The van der Waals surface area contributed by atoms with Gasteiger partial charge in [0.1, 0.15) is 18.1 Å². The van der Waals surface area contributed by atoms with E-state index in [1.165, 1.54) is 12.1 Å². The van der Waals surface area contributed by atoms with Crippen LogP contribution in [0.4, 0.5) is 13.2 Å². The number of hydrogen-bond acceptors (Lipinski definition) is 3. The van der Waals surface area contributed by atoms with Crippen molar-refractivity contribution in [3.8, 4) is 11.5 Å². The van der Waals surface area contributed by atoms with Crippen LogP contribution in [0.5, 0.6) is 11.5 Å². The third-order valence-electron chi connectivity index (χ3n) is 3.00. The van der Waals surface area contributed by atoms with Crippen molar-refractivity contribution in [3.05, 3.63) is 24.3 Å². The molecule has 104 valence electrons. The van der Waals surface area contributed by atoms with Crippen LogP contribution < -0.4 is 9.47 Å². The Labute approximate surface area is 108 Å². The molecule has 0 aliphatic heterocycles. The molecule has 0 saturated heterocycles. The molecule has 0 spiro atoms. The van der Waals surface area contributed by atoms with Crippen LogP contribution in [0.2, 0.25) is 0 Å². The van der Waals surface area contributed by atoms with Crippen LogP contribution in [0.15, 0.2) is 24.3 Å². The zero-order chi connectivity index (χ0) is 13.9. The van der Waals surface area contributed by atoms with E-state index in [0.717, 1.165) is 31.4 Å². The molecular formula is C13H13F3O3. The molecule has 0 unspecified atom stereocenters. The minimum atomic E-state index is -4.71. The Bertz CT molecular complexity index is 435. The molecule has 2 rings (SSSR count). The summed E-state index contributed by atoms with van der Waals surface area (Å²) in [6.45, 7) is -0.0376. The second-order valence-corrected chi connectivity index (χ2v) is 4.40. The number of rotatable bonds is 5. The van der Waals surface area contributed by atoms with E-state index in [-0.39, 0.29) is 24.1 Å². The van der Waals surface area contributed by atoms with Gasteiger partial charge < -0.3 is 9.47 Å². The monoisotopic (exact) mass is 274 g/mol. The third-order valence-corrected chi connectivity index (χ3v) is 3.00. The average Bonchev–Trinajstić information content (AvgIpc) is 2.23. The van der Waals surface area contributed by atoms with Gasteiger partial charge in [-0.3, -0.25) is 4.79 Å². The molecule has 19 heavy (non-hydrogen) atoms. The first-order valence-electron chi connectivity index (χ1n) is 5.95. The zero-order valence-electron chi connectivity index (χ0n) is 10.1. The van der Waals surface area contributed by atoms with Gasteiger partial charge in [-0.1, -0.05) is 6.42 Å². The van der Waals surface area contributed by atoms with E-state index in [1.54, 1.807) is 0 Å². The minimum Gasteiger partial charge on any atom is -0.486 e. The number of halogens is 3. The molecule has 0 bridgehead atoms. The molecule has 1 aliphatic rings.